The van der Waals surface area contributed by atoms with E-state index in [1.807, 2.05) is 0 Å². The molecule has 24 heavy (non-hydrogen) atoms. The van der Waals surface area contributed by atoms with Crippen molar-refractivity contribution in [3.05, 3.63) is 0 Å². The van der Waals surface area contributed by atoms with Crippen molar-refractivity contribution in [3.63, 3.8) is 0 Å². The maximum absolute atomic E-state index is 11.4. The van der Waals surface area contributed by atoms with Crippen LogP contribution in [0.15, 0.2) is 0 Å². The van der Waals surface area contributed by atoms with Crippen molar-refractivity contribution < 1.29 is 30.0 Å². The number of esters is 2. The van der Waals surface area contributed by atoms with Crippen molar-refractivity contribution in [2.75, 3.05) is 13.2 Å². The van der Waals surface area contributed by atoms with E-state index in [9.17, 15) is 9.59 Å². The molecule has 0 aromatic heterocycles. The second kappa shape index (κ2) is 21.9. The number of hydrogen-bond donors (Lipinski definition) is 0. The predicted octanol–water partition coefficient (Wildman–Crippen LogP) is 3.14. The Morgan fingerprint density at radius 2 is 0.917 bits per heavy atom. The van der Waals surface area contributed by atoms with Gasteiger partial charge >= 0.3 is 11.9 Å². The second-order valence-electron chi connectivity index (χ2n) is 5.77. The van der Waals surface area contributed by atoms with E-state index in [-0.39, 0.29) is 22.9 Å². The molecule has 0 saturated carbocycles. The van der Waals surface area contributed by atoms with Crippen LogP contribution in [0, 0.1) is 0 Å². The molecular formula is C18H38O6. The highest BCUT2D eigenvalue weighted by Gasteiger charge is 2.03. The van der Waals surface area contributed by atoms with Crippen LogP contribution in [0.25, 0.3) is 0 Å². The summed E-state index contributed by atoms with van der Waals surface area (Å²) in [5.41, 5.74) is 0. The summed E-state index contributed by atoms with van der Waals surface area (Å²) >= 11 is 0. The molecular weight excluding hydrogens is 312 g/mol. The third kappa shape index (κ3) is 20.9. The Balaban J connectivity index is -0.00000220. The molecule has 146 valence electrons. The SMILES string of the molecule is CCCCOC(=O)CCCCCCCCC(=O)OCCCC.O.O. The first-order valence-electron chi connectivity index (χ1n) is 9.02. The fourth-order valence-corrected chi connectivity index (χ4v) is 2.05. The fourth-order valence-electron chi connectivity index (χ4n) is 2.05. The van der Waals surface area contributed by atoms with Crippen LogP contribution in [-0.2, 0) is 19.1 Å². The fraction of sp³-hybridized carbons (Fsp3) is 0.889. The van der Waals surface area contributed by atoms with Crippen molar-refractivity contribution in [3.8, 4) is 0 Å². The molecule has 4 N–H and O–H groups in total. The molecule has 0 aliphatic heterocycles. The number of carbonyl (C=O) groups is 2. The highest BCUT2D eigenvalue weighted by molar-refractivity contribution is 5.69. The highest BCUT2D eigenvalue weighted by atomic mass is 16.5. The van der Waals surface area contributed by atoms with Gasteiger partial charge in [-0.2, -0.15) is 0 Å². The molecule has 0 heterocycles. The molecule has 0 aliphatic rings. The lowest BCUT2D eigenvalue weighted by Crippen LogP contribution is -2.05. The van der Waals surface area contributed by atoms with Gasteiger partial charge in [-0.1, -0.05) is 52.4 Å². The zero-order valence-electron chi connectivity index (χ0n) is 15.5. The first-order valence-corrected chi connectivity index (χ1v) is 9.02. The molecule has 0 aliphatic carbocycles. The standard InChI is InChI=1S/C18H34O4.2H2O/c1-3-5-15-21-17(19)13-11-9-7-8-10-12-14-18(20)22-16-6-4-2;;/h3-16H2,1-2H3;2*1H2. The van der Waals surface area contributed by atoms with Gasteiger partial charge in [-0.15, -0.1) is 0 Å². The van der Waals surface area contributed by atoms with Crippen LogP contribution in [0.2, 0.25) is 0 Å². The maximum Gasteiger partial charge on any atom is 0.305 e. The first-order chi connectivity index (χ1) is 10.7. The summed E-state index contributed by atoms with van der Waals surface area (Å²) in [4.78, 5) is 22.7. The molecule has 0 saturated heterocycles. The molecule has 0 fully saturated rings. The molecule has 0 radical (unpaired) electrons. The van der Waals surface area contributed by atoms with Gasteiger partial charge in [0.1, 0.15) is 0 Å². The number of rotatable bonds is 15. The summed E-state index contributed by atoms with van der Waals surface area (Å²) in [6, 6.07) is 0. The van der Waals surface area contributed by atoms with Crippen molar-refractivity contribution in [2.45, 2.75) is 90.9 Å². The van der Waals surface area contributed by atoms with E-state index in [0.29, 0.717) is 26.1 Å². The van der Waals surface area contributed by atoms with Gasteiger partial charge < -0.3 is 20.4 Å². The van der Waals surface area contributed by atoms with Crippen LogP contribution in [0.5, 0.6) is 0 Å². The van der Waals surface area contributed by atoms with Gasteiger partial charge in [-0.25, -0.2) is 0 Å². The minimum Gasteiger partial charge on any atom is -0.466 e. The molecule has 6 heteroatoms. The normalized spacial score (nSPS) is 9.58. The van der Waals surface area contributed by atoms with E-state index in [1.165, 1.54) is 0 Å². The van der Waals surface area contributed by atoms with Gasteiger partial charge in [-0.3, -0.25) is 9.59 Å². The number of ether oxygens (including phenoxy) is 2. The average molecular weight is 350 g/mol. The smallest absolute Gasteiger partial charge is 0.305 e. The van der Waals surface area contributed by atoms with Crippen molar-refractivity contribution in [1.29, 1.82) is 0 Å². The van der Waals surface area contributed by atoms with Crippen molar-refractivity contribution in [1.82, 2.24) is 0 Å². The number of carbonyl (C=O) groups excluding carboxylic acids is 2. The molecule has 0 unspecified atom stereocenters. The van der Waals surface area contributed by atoms with E-state index in [1.54, 1.807) is 0 Å². The lowest BCUT2D eigenvalue weighted by Gasteiger charge is -2.05. The van der Waals surface area contributed by atoms with Gasteiger partial charge in [-0.05, 0) is 25.7 Å². The topological polar surface area (TPSA) is 116 Å². The van der Waals surface area contributed by atoms with E-state index in [0.717, 1.165) is 64.2 Å². The Morgan fingerprint density at radius 1 is 0.583 bits per heavy atom. The third-order valence-corrected chi connectivity index (χ3v) is 3.53. The zero-order valence-corrected chi connectivity index (χ0v) is 15.5. The van der Waals surface area contributed by atoms with E-state index in [4.69, 9.17) is 9.47 Å². The van der Waals surface area contributed by atoms with Gasteiger partial charge in [0.2, 0.25) is 0 Å². The van der Waals surface area contributed by atoms with Crippen LogP contribution >= 0.6 is 0 Å². The minimum absolute atomic E-state index is 0. The van der Waals surface area contributed by atoms with Crippen LogP contribution in [0.4, 0.5) is 0 Å². The van der Waals surface area contributed by atoms with E-state index >= 15 is 0 Å². The number of hydrogen-bond acceptors (Lipinski definition) is 4. The van der Waals surface area contributed by atoms with Crippen LogP contribution in [-0.4, -0.2) is 36.1 Å². The largest absolute Gasteiger partial charge is 0.466 e. The van der Waals surface area contributed by atoms with Crippen LogP contribution in [0.3, 0.4) is 0 Å². The Morgan fingerprint density at radius 3 is 1.25 bits per heavy atom. The first kappa shape index (κ1) is 27.7. The average Bonchev–Trinajstić information content (AvgIpc) is 2.50. The molecule has 0 bridgehead atoms. The Bertz CT molecular complexity index is 253. The Labute approximate surface area is 146 Å². The molecule has 0 amide bonds. The summed E-state index contributed by atoms with van der Waals surface area (Å²) < 4.78 is 10.2. The van der Waals surface area contributed by atoms with Crippen LogP contribution in [0.1, 0.15) is 90.9 Å². The van der Waals surface area contributed by atoms with E-state index in [2.05, 4.69) is 13.8 Å². The molecule has 0 atom stereocenters. The molecule has 0 aromatic rings. The Kier molecular flexibility index (Phi) is 25.2. The summed E-state index contributed by atoms with van der Waals surface area (Å²) in [6.07, 6.45) is 11.3. The molecule has 0 rings (SSSR count). The van der Waals surface area contributed by atoms with Gasteiger partial charge in [0, 0.05) is 12.8 Å². The summed E-state index contributed by atoms with van der Waals surface area (Å²) in [7, 11) is 0. The lowest BCUT2D eigenvalue weighted by molar-refractivity contribution is -0.144. The summed E-state index contributed by atoms with van der Waals surface area (Å²) in [6.45, 7) is 5.28. The summed E-state index contributed by atoms with van der Waals surface area (Å²) in [5, 5.41) is 0. The zero-order chi connectivity index (χ0) is 16.5. The monoisotopic (exact) mass is 350 g/mol. The predicted molar refractivity (Wildman–Crippen MR) is 95.9 cm³/mol. The van der Waals surface area contributed by atoms with Crippen molar-refractivity contribution in [2.24, 2.45) is 0 Å². The quantitative estimate of drug-likeness (QED) is 0.333. The van der Waals surface area contributed by atoms with E-state index < -0.39 is 0 Å². The number of unbranched alkanes of at least 4 members (excludes halogenated alkanes) is 7. The molecule has 0 aromatic carbocycles. The van der Waals surface area contributed by atoms with Crippen LogP contribution < -0.4 is 0 Å². The second-order valence-corrected chi connectivity index (χ2v) is 5.77. The van der Waals surface area contributed by atoms with Gasteiger partial charge in [0.05, 0.1) is 13.2 Å². The third-order valence-electron chi connectivity index (χ3n) is 3.53. The molecule has 6 nitrogen and oxygen atoms in total. The summed E-state index contributed by atoms with van der Waals surface area (Å²) in [5.74, 6) is -0.133. The minimum atomic E-state index is -0.0664. The van der Waals surface area contributed by atoms with Gasteiger partial charge in [0.15, 0.2) is 0 Å². The maximum atomic E-state index is 11.4. The van der Waals surface area contributed by atoms with Crippen molar-refractivity contribution >= 4 is 11.9 Å². The van der Waals surface area contributed by atoms with Gasteiger partial charge in [0.25, 0.3) is 0 Å². The highest BCUT2D eigenvalue weighted by Crippen LogP contribution is 2.09. The molecule has 0 spiro atoms. The lowest BCUT2D eigenvalue weighted by atomic mass is 10.1. The Hall–Kier alpha value is -1.14.